The molecule has 1 aliphatic heterocycles. The van der Waals surface area contributed by atoms with E-state index in [0.717, 1.165) is 43.1 Å². The fraction of sp³-hybridized carbons (Fsp3) is 0.385. The van der Waals surface area contributed by atoms with E-state index in [-0.39, 0.29) is 11.3 Å². The molecule has 0 saturated carbocycles. The molecule has 168 valence electrons. The smallest absolute Gasteiger partial charge is 0.280 e. The number of hydrogen-bond donors (Lipinski definition) is 3. The zero-order valence-electron chi connectivity index (χ0n) is 19.6. The van der Waals surface area contributed by atoms with Crippen molar-refractivity contribution in [3.8, 4) is 16.9 Å². The molecule has 1 amide bonds. The molecule has 0 spiro atoms. The van der Waals surface area contributed by atoms with Crippen molar-refractivity contribution < 1.29 is 14.6 Å². The van der Waals surface area contributed by atoms with E-state index in [4.69, 9.17) is 5.10 Å². The second-order valence-electron chi connectivity index (χ2n) is 9.92. The number of piperazine rings is 1. The molecule has 1 aromatic heterocycles. The van der Waals surface area contributed by atoms with Crippen molar-refractivity contribution in [2.24, 2.45) is 0 Å². The van der Waals surface area contributed by atoms with Gasteiger partial charge in [-0.25, -0.2) is 4.68 Å². The minimum Gasteiger partial charge on any atom is -0.328 e. The zero-order valence-corrected chi connectivity index (χ0v) is 19.6. The fourth-order valence-corrected chi connectivity index (χ4v) is 4.14. The van der Waals surface area contributed by atoms with Crippen LogP contribution in [0.15, 0.2) is 60.7 Å². The van der Waals surface area contributed by atoms with Crippen molar-refractivity contribution in [3.63, 3.8) is 0 Å². The number of quaternary nitrogens is 2. The van der Waals surface area contributed by atoms with Crippen molar-refractivity contribution in [2.45, 2.75) is 26.2 Å². The molecule has 2 aromatic carbocycles. The summed E-state index contributed by atoms with van der Waals surface area (Å²) in [6.07, 6.45) is 0. The molecular weight excluding hydrogens is 398 g/mol. The van der Waals surface area contributed by atoms with Crippen molar-refractivity contribution in [1.82, 2.24) is 9.78 Å². The van der Waals surface area contributed by atoms with E-state index in [1.807, 2.05) is 41.1 Å². The van der Waals surface area contributed by atoms with Gasteiger partial charge in [0.15, 0.2) is 6.54 Å². The lowest BCUT2D eigenvalue weighted by Crippen LogP contribution is -3.27. The number of carbonyl (C=O) groups is 1. The summed E-state index contributed by atoms with van der Waals surface area (Å²) in [5, 5.41) is 7.97. The predicted molar refractivity (Wildman–Crippen MR) is 129 cm³/mol. The van der Waals surface area contributed by atoms with Crippen LogP contribution in [0.4, 0.5) is 5.82 Å². The monoisotopic (exact) mass is 433 g/mol. The van der Waals surface area contributed by atoms with Crippen LogP contribution in [0.25, 0.3) is 16.9 Å². The van der Waals surface area contributed by atoms with Gasteiger partial charge in [0.05, 0.1) is 18.4 Å². The summed E-state index contributed by atoms with van der Waals surface area (Å²) in [7, 11) is 2.21. The Kier molecular flexibility index (Phi) is 6.44. The largest absolute Gasteiger partial charge is 0.328 e. The maximum absolute atomic E-state index is 12.9. The van der Waals surface area contributed by atoms with E-state index in [1.54, 1.807) is 4.90 Å². The molecule has 0 unspecified atom stereocenters. The van der Waals surface area contributed by atoms with Crippen LogP contribution in [-0.2, 0) is 10.2 Å². The van der Waals surface area contributed by atoms with Crippen LogP contribution >= 0.6 is 0 Å². The Morgan fingerprint density at radius 1 is 1.00 bits per heavy atom. The van der Waals surface area contributed by atoms with Gasteiger partial charge in [0.1, 0.15) is 32.0 Å². The average molecular weight is 434 g/mol. The number of nitrogens with zero attached hydrogens (tertiary/aromatic N) is 2. The number of amides is 1. The normalized spacial score (nSPS) is 19.0. The van der Waals surface area contributed by atoms with Crippen LogP contribution in [0.2, 0.25) is 0 Å². The lowest BCUT2D eigenvalue weighted by Gasteiger charge is -2.26. The molecule has 6 nitrogen and oxygen atoms in total. The molecule has 1 saturated heterocycles. The number of benzene rings is 2. The van der Waals surface area contributed by atoms with Gasteiger partial charge in [0.2, 0.25) is 0 Å². The molecule has 0 bridgehead atoms. The number of para-hydroxylation sites is 1. The quantitative estimate of drug-likeness (QED) is 0.566. The first-order chi connectivity index (χ1) is 15.3. The molecule has 1 fully saturated rings. The lowest BCUT2D eigenvalue weighted by atomic mass is 9.86. The highest BCUT2D eigenvalue weighted by molar-refractivity contribution is 5.91. The van der Waals surface area contributed by atoms with E-state index in [0.29, 0.717) is 12.4 Å². The third kappa shape index (κ3) is 5.26. The number of rotatable bonds is 5. The molecule has 1 aliphatic rings. The summed E-state index contributed by atoms with van der Waals surface area (Å²) in [6.45, 7) is 11.4. The van der Waals surface area contributed by atoms with Crippen molar-refractivity contribution in [2.75, 3.05) is 45.1 Å². The van der Waals surface area contributed by atoms with E-state index >= 15 is 0 Å². The minimum atomic E-state index is 0.0336. The van der Waals surface area contributed by atoms with Crippen LogP contribution < -0.4 is 15.1 Å². The lowest BCUT2D eigenvalue weighted by molar-refractivity contribution is -0.999. The standard InChI is InChI=1S/C26H33N5O/c1-26(2,3)21-12-10-20(11-13-21)23-18-24(31(28-23)22-8-6-5-7-9-22)27-25(32)19-30-16-14-29(4)15-17-30/h5-13,18H,14-17,19H2,1-4H3,(H,27,32)/p+2. The minimum absolute atomic E-state index is 0.0336. The number of likely N-dealkylation sites (N-methyl/N-ethyl adjacent to an activating group) is 1. The molecule has 0 radical (unpaired) electrons. The van der Waals surface area contributed by atoms with Gasteiger partial charge in [-0.2, -0.15) is 5.10 Å². The Morgan fingerprint density at radius 2 is 1.66 bits per heavy atom. The van der Waals surface area contributed by atoms with Crippen LogP contribution in [-0.4, -0.2) is 55.5 Å². The summed E-state index contributed by atoms with van der Waals surface area (Å²) in [5.41, 5.74) is 4.20. The number of carbonyl (C=O) groups excluding carboxylic acids is 1. The highest BCUT2D eigenvalue weighted by Gasteiger charge is 2.23. The molecule has 2 heterocycles. The Bertz CT molecular complexity index is 1040. The van der Waals surface area contributed by atoms with E-state index in [9.17, 15) is 4.79 Å². The molecular formula is C26H35N5O+2. The highest BCUT2D eigenvalue weighted by Crippen LogP contribution is 2.28. The molecule has 4 rings (SSSR count). The zero-order chi connectivity index (χ0) is 22.7. The second kappa shape index (κ2) is 9.27. The molecule has 0 aliphatic carbocycles. The summed E-state index contributed by atoms with van der Waals surface area (Å²) in [4.78, 5) is 15.8. The van der Waals surface area contributed by atoms with Crippen molar-refractivity contribution in [1.29, 1.82) is 0 Å². The maximum atomic E-state index is 12.9. The van der Waals surface area contributed by atoms with Gasteiger partial charge in [0.25, 0.3) is 5.91 Å². The number of aromatic nitrogens is 2. The van der Waals surface area contributed by atoms with Gasteiger partial charge in [-0.15, -0.1) is 0 Å². The molecule has 6 heteroatoms. The van der Waals surface area contributed by atoms with Gasteiger partial charge in [-0.3, -0.25) is 4.79 Å². The first-order valence-electron chi connectivity index (χ1n) is 11.5. The highest BCUT2D eigenvalue weighted by atomic mass is 16.2. The summed E-state index contributed by atoms with van der Waals surface area (Å²) < 4.78 is 1.83. The van der Waals surface area contributed by atoms with Crippen LogP contribution in [0, 0.1) is 0 Å². The van der Waals surface area contributed by atoms with E-state index in [1.165, 1.54) is 10.5 Å². The van der Waals surface area contributed by atoms with E-state index < -0.39 is 0 Å². The van der Waals surface area contributed by atoms with E-state index in [2.05, 4.69) is 57.4 Å². The van der Waals surface area contributed by atoms with Gasteiger partial charge in [-0.05, 0) is 23.1 Å². The Hall–Kier alpha value is -2.96. The second-order valence-corrected chi connectivity index (χ2v) is 9.92. The maximum Gasteiger partial charge on any atom is 0.280 e. The third-order valence-electron chi connectivity index (χ3n) is 6.25. The van der Waals surface area contributed by atoms with Crippen LogP contribution in [0.1, 0.15) is 26.3 Å². The van der Waals surface area contributed by atoms with Gasteiger partial charge in [-0.1, -0.05) is 63.2 Å². The van der Waals surface area contributed by atoms with Crippen molar-refractivity contribution >= 4 is 11.7 Å². The van der Waals surface area contributed by atoms with Crippen LogP contribution in [0.5, 0.6) is 0 Å². The molecule has 0 atom stereocenters. The third-order valence-corrected chi connectivity index (χ3v) is 6.25. The summed E-state index contributed by atoms with van der Waals surface area (Å²) in [6, 6.07) is 20.5. The predicted octanol–water partition coefficient (Wildman–Crippen LogP) is 1.19. The molecule has 3 aromatic rings. The Balaban J connectivity index is 1.58. The fourth-order valence-electron chi connectivity index (χ4n) is 4.14. The Morgan fingerprint density at radius 3 is 2.28 bits per heavy atom. The molecule has 32 heavy (non-hydrogen) atoms. The Labute approximate surface area is 190 Å². The number of nitrogens with one attached hydrogen (secondary N) is 3. The number of anilines is 1. The van der Waals surface area contributed by atoms with Crippen LogP contribution in [0.3, 0.4) is 0 Å². The first-order valence-corrected chi connectivity index (χ1v) is 11.5. The van der Waals surface area contributed by atoms with Gasteiger partial charge in [0, 0.05) is 11.6 Å². The average Bonchev–Trinajstić information content (AvgIpc) is 3.19. The SMILES string of the molecule is C[NH+]1CC[NH+](CC(=O)Nc2cc(-c3ccc(C(C)(C)C)cc3)nn2-c2ccccc2)CC1. The van der Waals surface area contributed by atoms with Crippen molar-refractivity contribution in [3.05, 3.63) is 66.2 Å². The first kappa shape index (κ1) is 22.2. The van der Waals surface area contributed by atoms with Gasteiger partial charge >= 0.3 is 0 Å². The summed E-state index contributed by atoms with van der Waals surface area (Å²) >= 11 is 0. The number of hydrogen-bond acceptors (Lipinski definition) is 2. The molecule has 3 N–H and O–H groups in total. The topological polar surface area (TPSA) is 55.8 Å². The van der Waals surface area contributed by atoms with Gasteiger partial charge < -0.3 is 15.1 Å². The summed E-state index contributed by atoms with van der Waals surface area (Å²) in [5.74, 6) is 0.738.